The molecule has 4 aromatic rings. The maximum Gasteiger partial charge on any atom is 0.235 e. The number of aromatic nitrogens is 4. The molecule has 2 aromatic carbocycles. The Kier molecular flexibility index (Phi) is 3.51. The van der Waals surface area contributed by atoms with Crippen LogP contribution >= 0.6 is 11.3 Å². The zero-order chi connectivity index (χ0) is 15.6. The second kappa shape index (κ2) is 5.81. The van der Waals surface area contributed by atoms with Crippen LogP contribution in [0.3, 0.4) is 0 Å². The molecule has 5 nitrogen and oxygen atoms in total. The van der Waals surface area contributed by atoms with Crippen molar-refractivity contribution in [3.63, 3.8) is 0 Å². The lowest BCUT2D eigenvalue weighted by atomic mass is 10.1. The second-order valence-electron chi connectivity index (χ2n) is 5.18. The van der Waals surface area contributed by atoms with Crippen molar-refractivity contribution in [2.45, 2.75) is 13.5 Å². The second-order valence-corrected chi connectivity index (χ2v) is 6.23. The van der Waals surface area contributed by atoms with E-state index >= 15 is 0 Å². The maximum absolute atomic E-state index is 5.74. The predicted molar refractivity (Wildman–Crippen MR) is 89.6 cm³/mol. The lowest BCUT2D eigenvalue weighted by Crippen LogP contribution is -1.97. The number of aryl methyl sites for hydroxylation is 1. The van der Waals surface area contributed by atoms with E-state index in [2.05, 4.69) is 34.4 Å². The van der Waals surface area contributed by atoms with Gasteiger partial charge in [-0.3, -0.25) is 0 Å². The molecule has 0 unspecified atom stereocenters. The van der Waals surface area contributed by atoms with Crippen LogP contribution in [-0.2, 0) is 6.61 Å². The first kappa shape index (κ1) is 13.9. The van der Waals surface area contributed by atoms with Crippen LogP contribution in [0.5, 0.6) is 5.75 Å². The molecule has 2 aromatic heterocycles. The zero-order valence-corrected chi connectivity index (χ0v) is 13.3. The molecule has 0 aliphatic rings. The third-order valence-electron chi connectivity index (χ3n) is 3.41. The van der Waals surface area contributed by atoms with Crippen LogP contribution < -0.4 is 4.74 Å². The maximum atomic E-state index is 5.74. The molecular formula is C17H14N4OS. The summed E-state index contributed by atoms with van der Waals surface area (Å²) in [5.41, 5.74) is 2.19. The van der Waals surface area contributed by atoms with Crippen LogP contribution in [-0.4, -0.2) is 19.8 Å². The van der Waals surface area contributed by atoms with Crippen molar-refractivity contribution in [2.24, 2.45) is 0 Å². The van der Waals surface area contributed by atoms with Crippen molar-refractivity contribution in [1.82, 2.24) is 19.8 Å². The number of ether oxygens (including phenoxy) is 1. The highest BCUT2D eigenvalue weighted by molar-refractivity contribution is 7.16. The topological polar surface area (TPSA) is 52.3 Å². The van der Waals surface area contributed by atoms with E-state index in [-0.39, 0.29) is 0 Å². The van der Waals surface area contributed by atoms with Gasteiger partial charge in [-0.1, -0.05) is 53.3 Å². The van der Waals surface area contributed by atoms with Gasteiger partial charge in [-0.05, 0) is 25.1 Å². The Morgan fingerprint density at radius 2 is 1.91 bits per heavy atom. The molecule has 114 valence electrons. The molecule has 23 heavy (non-hydrogen) atoms. The number of hydrogen-bond donors (Lipinski definition) is 0. The highest BCUT2D eigenvalue weighted by atomic mass is 32.1. The highest BCUT2D eigenvalue weighted by Crippen LogP contribution is 2.23. The summed E-state index contributed by atoms with van der Waals surface area (Å²) in [4.78, 5) is 0.771. The molecule has 6 heteroatoms. The zero-order valence-electron chi connectivity index (χ0n) is 12.5. The normalized spacial score (nSPS) is 11.0. The largest absolute Gasteiger partial charge is 0.486 e. The summed E-state index contributed by atoms with van der Waals surface area (Å²) in [5, 5.41) is 13.9. The molecule has 0 saturated carbocycles. The Morgan fingerprint density at radius 1 is 1.04 bits per heavy atom. The summed E-state index contributed by atoms with van der Waals surface area (Å²) in [6.45, 7) is 2.48. The van der Waals surface area contributed by atoms with E-state index in [9.17, 15) is 0 Å². The predicted octanol–water partition coefficient (Wildman–Crippen LogP) is 3.74. The van der Waals surface area contributed by atoms with E-state index < -0.39 is 0 Å². The van der Waals surface area contributed by atoms with Gasteiger partial charge in [0.1, 0.15) is 12.4 Å². The van der Waals surface area contributed by atoms with E-state index in [4.69, 9.17) is 4.74 Å². The van der Waals surface area contributed by atoms with Crippen molar-refractivity contribution < 1.29 is 4.74 Å². The molecular weight excluding hydrogens is 308 g/mol. The van der Waals surface area contributed by atoms with Crippen LogP contribution in [0, 0.1) is 6.92 Å². The SMILES string of the molecule is Cc1cccc(-c2nnc3sc(COc4ccccc4)nn23)c1. The summed E-state index contributed by atoms with van der Waals surface area (Å²) in [5.74, 6) is 1.59. The molecule has 0 spiro atoms. The number of benzene rings is 2. The lowest BCUT2D eigenvalue weighted by Gasteiger charge is -2.02. The number of nitrogens with zero attached hydrogens (tertiary/aromatic N) is 4. The third kappa shape index (κ3) is 2.80. The van der Waals surface area contributed by atoms with Gasteiger partial charge in [-0.15, -0.1) is 10.2 Å². The Labute approximate surface area is 137 Å². The fourth-order valence-electron chi connectivity index (χ4n) is 2.34. The van der Waals surface area contributed by atoms with Gasteiger partial charge >= 0.3 is 0 Å². The van der Waals surface area contributed by atoms with Crippen LogP contribution in [0.4, 0.5) is 0 Å². The third-order valence-corrected chi connectivity index (χ3v) is 4.29. The van der Waals surface area contributed by atoms with Gasteiger partial charge in [-0.25, -0.2) is 0 Å². The van der Waals surface area contributed by atoms with Gasteiger partial charge in [0.15, 0.2) is 10.8 Å². The van der Waals surface area contributed by atoms with Crippen molar-refractivity contribution in [2.75, 3.05) is 0 Å². The van der Waals surface area contributed by atoms with Gasteiger partial charge < -0.3 is 4.74 Å². The number of hydrogen-bond acceptors (Lipinski definition) is 5. The van der Waals surface area contributed by atoms with Crippen LogP contribution in [0.15, 0.2) is 54.6 Å². The van der Waals surface area contributed by atoms with Crippen LogP contribution in [0.25, 0.3) is 16.3 Å². The van der Waals surface area contributed by atoms with Crippen LogP contribution in [0.2, 0.25) is 0 Å². The van der Waals surface area contributed by atoms with E-state index in [1.165, 1.54) is 16.9 Å². The standard InChI is InChI=1S/C17H14N4OS/c1-12-6-5-7-13(10-12)16-18-19-17-21(16)20-15(23-17)11-22-14-8-3-2-4-9-14/h2-10H,11H2,1H3. The molecule has 0 aliphatic carbocycles. The molecule has 4 rings (SSSR count). The highest BCUT2D eigenvalue weighted by Gasteiger charge is 2.13. The average Bonchev–Trinajstić information content (AvgIpc) is 3.14. The smallest absolute Gasteiger partial charge is 0.235 e. The monoisotopic (exact) mass is 322 g/mol. The summed E-state index contributed by atoms with van der Waals surface area (Å²) in [6, 6.07) is 17.9. The van der Waals surface area contributed by atoms with Gasteiger partial charge in [0.2, 0.25) is 4.96 Å². The minimum absolute atomic E-state index is 0.422. The quantitative estimate of drug-likeness (QED) is 0.574. The molecule has 0 aliphatic heterocycles. The molecule has 0 fully saturated rings. The van der Waals surface area contributed by atoms with Crippen LogP contribution in [0.1, 0.15) is 10.6 Å². The minimum Gasteiger partial charge on any atom is -0.486 e. The van der Waals surface area contributed by atoms with Gasteiger partial charge in [-0.2, -0.15) is 9.61 Å². The van der Waals surface area contributed by atoms with E-state index in [1.807, 2.05) is 42.5 Å². The summed E-state index contributed by atoms with van der Waals surface area (Å²) in [7, 11) is 0. The first-order valence-corrected chi connectivity index (χ1v) is 8.07. The first-order chi connectivity index (χ1) is 11.3. The first-order valence-electron chi connectivity index (χ1n) is 7.25. The molecule has 2 heterocycles. The van der Waals surface area contributed by atoms with Crippen molar-refractivity contribution in [3.8, 4) is 17.1 Å². The van der Waals surface area contributed by atoms with E-state index in [0.29, 0.717) is 6.61 Å². The van der Waals surface area contributed by atoms with Gasteiger partial charge in [0.05, 0.1) is 0 Å². The fourth-order valence-corrected chi connectivity index (χ4v) is 3.09. The molecule has 0 saturated heterocycles. The van der Waals surface area contributed by atoms with Crippen molar-refractivity contribution >= 4 is 16.3 Å². The molecule has 0 atom stereocenters. The summed E-state index contributed by atoms with van der Waals surface area (Å²) >= 11 is 1.49. The van der Waals surface area contributed by atoms with Crippen molar-refractivity contribution in [1.29, 1.82) is 0 Å². The van der Waals surface area contributed by atoms with Gasteiger partial charge in [0, 0.05) is 5.56 Å². The van der Waals surface area contributed by atoms with Crippen molar-refractivity contribution in [3.05, 3.63) is 65.2 Å². The van der Waals surface area contributed by atoms with E-state index in [0.717, 1.165) is 27.1 Å². The Morgan fingerprint density at radius 3 is 2.74 bits per heavy atom. The molecule has 0 amide bonds. The Balaban J connectivity index is 1.62. The lowest BCUT2D eigenvalue weighted by molar-refractivity contribution is 0.304. The fraction of sp³-hybridized carbons (Fsp3) is 0.118. The average molecular weight is 322 g/mol. The minimum atomic E-state index is 0.422. The molecule has 0 bridgehead atoms. The van der Waals surface area contributed by atoms with E-state index in [1.54, 1.807) is 4.52 Å². The Bertz CT molecular complexity index is 946. The van der Waals surface area contributed by atoms with Gasteiger partial charge in [0.25, 0.3) is 0 Å². The number of fused-ring (bicyclic) bond motifs is 1. The Hall–Kier alpha value is -2.73. The number of rotatable bonds is 4. The molecule has 0 radical (unpaired) electrons. The molecule has 0 N–H and O–H groups in total. The summed E-state index contributed by atoms with van der Waals surface area (Å²) < 4.78 is 7.52. The number of para-hydroxylation sites is 1. The summed E-state index contributed by atoms with van der Waals surface area (Å²) in [6.07, 6.45) is 0.